The molecule has 0 radical (unpaired) electrons. The van der Waals surface area contributed by atoms with Crippen molar-refractivity contribution in [2.45, 2.75) is 59.8 Å². The van der Waals surface area contributed by atoms with Crippen LogP contribution in [-0.2, 0) is 4.79 Å². The van der Waals surface area contributed by atoms with Gasteiger partial charge in [-0.05, 0) is 49.4 Å². The molecule has 1 aliphatic rings. The zero-order chi connectivity index (χ0) is 17.2. The molecule has 0 aromatic rings. The van der Waals surface area contributed by atoms with E-state index in [0.29, 0.717) is 36.6 Å². The third-order valence-electron chi connectivity index (χ3n) is 4.37. The second-order valence-electron chi connectivity index (χ2n) is 7.77. The van der Waals surface area contributed by atoms with E-state index < -0.39 is 0 Å². The van der Waals surface area contributed by atoms with Gasteiger partial charge in [0.25, 0.3) is 0 Å². The zero-order valence-electron chi connectivity index (χ0n) is 15.3. The van der Waals surface area contributed by atoms with E-state index in [4.69, 9.17) is 0 Å². The fourth-order valence-corrected chi connectivity index (χ4v) is 2.94. The lowest BCUT2D eigenvalue weighted by atomic mass is 9.82. The summed E-state index contributed by atoms with van der Waals surface area (Å²) in [6.07, 6.45) is 5.17. The topological polar surface area (TPSA) is 70.2 Å². The monoisotopic (exact) mass is 325 g/mol. The number of hydrogen-bond donors (Lipinski definition) is 3. The lowest BCUT2D eigenvalue weighted by Crippen LogP contribution is -2.40. The lowest BCUT2D eigenvalue weighted by Gasteiger charge is -2.28. The van der Waals surface area contributed by atoms with E-state index in [-0.39, 0.29) is 11.9 Å². The Morgan fingerprint density at radius 1 is 0.826 bits per heavy atom. The molecule has 0 aliphatic heterocycles. The number of carbonyl (C=O) groups is 2. The number of urea groups is 1. The highest BCUT2D eigenvalue weighted by Crippen LogP contribution is 2.27. The summed E-state index contributed by atoms with van der Waals surface area (Å²) >= 11 is 0. The quantitative estimate of drug-likeness (QED) is 0.642. The van der Waals surface area contributed by atoms with Gasteiger partial charge in [-0.25, -0.2) is 4.79 Å². The molecular weight excluding hydrogens is 290 g/mol. The van der Waals surface area contributed by atoms with Crippen LogP contribution >= 0.6 is 0 Å². The van der Waals surface area contributed by atoms with Gasteiger partial charge in [0.1, 0.15) is 0 Å². The molecule has 0 atom stereocenters. The first-order valence-electron chi connectivity index (χ1n) is 9.15. The van der Waals surface area contributed by atoms with Crippen molar-refractivity contribution in [2.24, 2.45) is 23.7 Å². The molecule has 23 heavy (non-hydrogen) atoms. The second-order valence-corrected chi connectivity index (χ2v) is 7.77. The highest BCUT2D eigenvalue weighted by atomic mass is 16.2. The van der Waals surface area contributed by atoms with Gasteiger partial charge in [0.15, 0.2) is 0 Å². The van der Waals surface area contributed by atoms with Gasteiger partial charge >= 0.3 is 6.03 Å². The summed E-state index contributed by atoms with van der Waals surface area (Å²) in [7, 11) is 0. The van der Waals surface area contributed by atoms with Gasteiger partial charge in [0, 0.05) is 26.1 Å². The maximum Gasteiger partial charge on any atom is 0.314 e. The summed E-state index contributed by atoms with van der Waals surface area (Å²) in [5, 5.41) is 8.91. The minimum absolute atomic E-state index is 0.0539. The van der Waals surface area contributed by atoms with Crippen LogP contribution in [0.1, 0.15) is 59.8 Å². The second kappa shape index (κ2) is 10.5. The van der Waals surface area contributed by atoms with Crippen LogP contribution in [0.25, 0.3) is 0 Å². The average Bonchev–Trinajstić information content (AvgIpc) is 2.49. The van der Waals surface area contributed by atoms with Crippen molar-refractivity contribution in [1.82, 2.24) is 16.0 Å². The highest BCUT2D eigenvalue weighted by molar-refractivity contribution is 5.76. The van der Waals surface area contributed by atoms with E-state index in [2.05, 4.69) is 43.6 Å². The van der Waals surface area contributed by atoms with Crippen LogP contribution in [0, 0.1) is 23.7 Å². The number of amides is 3. The largest absolute Gasteiger partial charge is 0.356 e. The molecule has 1 rings (SSSR count). The summed E-state index contributed by atoms with van der Waals surface area (Å²) in [4.78, 5) is 23.3. The van der Waals surface area contributed by atoms with Gasteiger partial charge in [-0.3, -0.25) is 4.79 Å². The summed E-state index contributed by atoms with van der Waals surface area (Å²) in [6.45, 7) is 10.6. The summed E-state index contributed by atoms with van der Waals surface area (Å²) in [6, 6.07) is -0.0539. The normalized spacial score (nSPS) is 21.3. The van der Waals surface area contributed by atoms with Crippen molar-refractivity contribution in [2.75, 3.05) is 19.6 Å². The standard InChI is InChI=1S/C18H35N3O2/c1-13(2)9-17(22)19-11-15-5-7-16(8-6-15)12-21-18(23)20-10-14(3)4/h13-16H,5-12H2,1-4H3,(H,19,22)(H2,20,21,23). The van der Waals surface area contributed by atoms with E-state index in [9.17, 15) is 9.59 Å². The first-order valence-corrected chi connectivity index (χ1v) is 9.15. The van der Waals surface area contributed by atoms with Gasteiger partial charge in [-0.1, -0.05) is 27.7 Å². The minimum Gasteiger partial charge on any atom is -0.356 e. The molecule has 0 unspecified atom stereocenters. The fourth-order valence-electron chi connectivity index (χ4n) is 2.94. The van der Waals surface area contributed by atoms with Gasteiger partial charge in [0.05, 0.1) is 0 Å². The Morgan fingerprint density at radius 3 is 1.83 bits per heavy atom. The molecular formula is C18H35N3O2. The van der Waals surface area contributed by atoms with E-state index in [1.807, 2.05) is 0 Å². The van der Waals surface area contributed by atoms with Crippen molar-refractivity contribution in [3.05, 3.63) is 0 Å². The van der Waals surface area contributed by atoms with E-state index >= 15 is 0 Å². The first-order chi connectivity index (χ1) is 10.9. The maximum absolute atomic E-state index is 11.7. The lowest BCUT2D eigenvalue weighted by molar-refractivity contribution is -0.122. The molecule has 1 saturated carbocycles. The molecule has 3 amide bonds. The van der Waals surface area contributed by atoms with Gasteiger partial charge in [-0.15, -0.1) is 0 Å². The molecule has 1 aliphatic carbocycles. The van der Waals surface area contributed by atoms with E-state index in [1.54, 1.807) is 0 Å². The van der Waals surface area contributed by atoms with Crippen LogP contribution in [-0.4, -0.2) is 31.6 Å². The van der Waals surface area contributed by atoms with Crippen LogP contribution < -0.4 is 16.0 Å². The summed E-state index contributed by atoms with van der Waals surface area (Å²) in [5.74, 6) is 2.23. The third kappa shape index (κ3) is 9.47. The smallest absolute Gasteiger partial charge is 0.314 e. The minimum atomic E-state index is -0.0539. The number of hydrogen-bond acceptors (Lipinski definition) is 2. The van der Waals surface area contributed by atoms with Crippen molar-refractivity contribution in [3.63, 3.8) is 0 Å². The van der Waals surface area contributed by atoms with Crippen molar-refractivity contribution < 1.29 is 9.59 Å². The Morgan fingerprint density at radius 2 is 1.35 bits per heavy atom. The molecule has 0 heterocycles. The van der Waals surface area contributed by atoms with E-state index in [0.717, 1.165) is 38.8 Å². The Balaban J connectivity index is 2.11. The predicted molar refractivity (Wildman–Crippen MR) is 94.2 cm³/mol. The van der Waals surface area contributed by atoms with Crippen LogP contribution in [0.15, 0.2) is 0 Å². The summed E-state index contributed by atoms with van der Waals surface area (Å²) in [5.41, 5.74) is 0. The molecule has 0 aromatic heterocycles. The van der Waals surface area contributed by atoms with Crippen molar-refractivity contribution in [3.8, 4) is 0 Å². The average molecular weight is 325 g/mol. The maximum atomic E-state index is 11.7. The van der Waals surface area contributed by atoms with Crippen LogP contribution in [0.4, 0.5) is 4.79 Å². The SMILES string of the molecule is CC(C)CNC(=O)NCC1CCC(CNC(=O)CC(C)C)CC1. The highest BCUT2D eigenvalue weighted by Gasteiger charge is 2.22. The molecule has 0 saturated heterocycles. The number of rotatable bonds is 8. The van der Waals surface area contributed by atoms with Crippen LogP contribution in [0.2, 0.25) is 0 Å². The Labute approximate surface area is 141 Å². The molecule has 0 bridgehead atoms. The van der Waals surface area contributed by atoms with E-state index in [1.165, 1.54) is 0 Å². The number of carbonyl (C=O) groups excluding carboxylic acids is 2. The van der Waals surface area contributed by atoms with Gasteiger partial charge < -0.3 is 16.0 Å². The number of nitrogens with one attached hydrogen (secondary N) is 3. The predicted octanol–water partition coefficient (Wildman–Crippen LogP) is 2.91. The first kappa shape index (κ1) is 19.8. The van der Waals surface area contributed by atoms with Crippen LogP contribution in [0.5, 0.6) is 0 Å². The Hall–Kier alpha value is -1.26. The van der Waals surface area contributed by atoms with Crippen molar-refractivity contribution >= 4 is 11.9 Å². The molecule has 1 fully saturated rings. The zero-order valence-corrected chi connectivity index (χ0v) is 15.3. The third-order valence-corrected chi connectivity index (χ3v) is 4.37. The Kier molecular flexibility index (Phi) is 9.03. The molecule has 3 N–H and O–H groups in total. The molecule has 0 aromatic carbocycles. The van der Waals surface area contributed by atoms with Gasteiger partial charge in [-0.2, -0.15) is 0 Å². The molecule has 5 heteroatoms. The van der Waals surface area contributed by atoms with Gasteiger partial charge in [0.2, 0.25) is 5.91 Å². The molecule has 5 nitrogen and oxygen atoms in total. The molecule has 134 valence electrons. The summed E-state index contributed by atoms with van der Waals surface area (Å²) < 4.78 is 0. The fraction of sp³-hybridized carbons (Fsp3) is 0.889. The van der Waals surface area contributed by atoms with Crippen molar-refractivity contribution in [1.29, 1.82) is 0 Å². The molecule has 0 spiro atoms. The van der Waals surface area contributed by atoms with Crippen LogP contribution in [0.3, 0.4) is 0 Å². The Bertz CT molecular complexity index is 361.